The van der Waals surface area contributed by atoms with Gasteiger partial charge in [-0.3, -0.25) is 9.59 Å². The lowest BCUT2D eigenvalue weighted by molar-refractivity contribution is -0.131. The van der Waals surface area contributed by atoms with E-state index in [4.69, 9.17) is 14.2 Å². The van der Waals surface area contributed by atoms with Gasteiger partial charge in [-0.05, 0) is 36.6 Å². The molecule has 1 saturated heterocycles. The number of ketones is 1. The van der Waals surface area contributed by atoms with Crippen LogP contribution >= 0.6 is 0 Å². The van der Waals surface area contributed by atoms with Crippen molar-refractivity contribution in [3.8, 4) is 11.5 Å². The van der Waals surface area contributed by atoms with Crippen LogP contribution in [0.5, 0.6) is 11.5 Å². The summed E-state index contributed by atoms with van der Waals surface area (Å²) in [5.74, 6) is 0.116. The average Bonchev–Trinajstić information content (AvgIpc) is 3.56. The van der Waals surface area contributed by atoms with Gasteiger partial charge in [0.25, 0.3) is 0 Å². The van der Waals surface area contributed by atoms with E-state index in [0.29, 0.717) is 17.1 Å². The molecule has 3 rings (SSSR count). The van der Waals surface area contributed by atoms with Crippen molar-refractivity contribution in [3.05, 3.63) is 59.7 Å². The zero-order chi connectivity index (χ0) is 24.0. The maximum atomic E-state index is 13.1. The summed E-state index contributed by atoms with van der Waals surface area (Å²) in [7, 11) is 3.00. The summed E-state index contributed by atoms with van der Waals surface area (Å²) in [6, 6.07) is 12.4. The molecule has 0 spiro atoms. The molecule has 1 heterocycles. The molecule has 3 atom stereocenters. The number of carbonyl (C=O) groups excluding carboxylic acids is 2. The summed E-state index contributed by atoms with van der Waals surface area (Å²) in [5.41, 5.74) is 0.583. The van der Waals surface area contributed by atoms with Gasteiger partial charge >= 0.3 is 6.09 Å². The number of rotatable bonds is 11. The summed E-state index contributed by atoms with van der Waals surface area (Å²) < 4.78 is 15.8. The van der Waals surface area contributed by atoms with E-state index < -0.39 is 29.7 Å². The van der Waals surface area contributed by atoms with E-state index >= 15 is 0 Å². The highest BCUT2D eigenvalue weighted by molar-refractivity contribution is 5.97. The molecule has 9 heteroatoms. The van der Waals surface area contributed by atoms with Crippen LogP contribution in [0.15, 0.2) is 48.5 Å². The lowest BCUT2D eigenvalue weighted by Gasteiger charge is -2.23. The topological polar surface area (TPSA) is 126 Å². The summed E-state index contributed by atoms with van der Waals surface area (Å²) in [4.78, 5) is 37.5. The molecule has 2 aromatic carbocycles. The number of nitrogens with one attached hydrogen (secondary N) is 2. The number of benzene rings is 2. The first-order valence-corrected chi connectivity index (χ1v) is 10.5. The molecule has 176 valence electrons. The number of ether oxygens (including phenoxy) is 3. The SMILES string of the molecule is COc1ccc(C[C@H](NC(=O)O)C(=O)N[C@@H](Cc2ccccc2)C(=O)[C@@]2(C)CO2)cc1OC. The molecule has 2 aromatic rings. The van der Waals surface area contributed by atoms with Crippen molar-refractivity contribution < 1.29 is 33.7 Å². The molecule has 1 fully saturated rings. The predicted octanol–water partition coefficient (Wildman–Crippen LogP) is 1.97. The lowest BCUT2D eigenvalue weighted by Crippen LogP contribution is -2.54. The molecule has 9 nitrogen and oxygen atoms in total. The van der Waals surface area contributed by atoms with Gasteiger partial charge in [0.05, 0.1) is 26.9 Å². The molecule has 0 bridgehead atoms. The molecule has 3 N–H and O–H groups in total. The van der Waals surface area contributed by atoms with E-state index in [2.05, 4.69) is 10.6 Å². The Morgan fingerprint density at radius 3 is 2.18 bits per heavy atom. The van der Waals surface area contributed by atoms with E-state index in [-0.39, 0.29) is 25.2 Å². The van der Waals surface area contributed by atoms with Crippen LogP contribution in [0.25, 0.3) is 0 Å². The normalized spacial score (nSPS) is 18.5. The Bertz CT molecular complexity index is 1010. The first kappa shape index (κ1) is 24.1. The van der Waals surface area contributed by atoms with Crippen LogP contribution in [-0.2, 0) is 27.2 Å². The second kappa shape index (κ2) is 10.4. The number of hydrogen-bond donors (Lipinski definition) is 3. The van der Waals surface area contributed by atoms with E-state index in [1.54, 1.807) is 25.1 Å². The smallest absolute Gasteiger partial charge is 0.405 e. The van der Waals surface area contributed by atoms with Gasteiger partial charge in [0.1, 0.15) is 11.6 Å². The minimum Gasteiger partial charge on any atom is -0.493 e. The molecule has 0 aromatic heterocycles. The van der Waals surface area contributed by atoms with Crippen molar-refractivity contribution in [3.63, 3.8) is 0 Å². The first-order valence-electron chi connectivity index (χ1n) is 10.5. The molecular formula is C24H28N2O7. The first-order chi connectivity index (χ1) is 15.8. The van der Waals surface area contributed by atoms with Crippen molar-refractivity contribution in [1.82, 2.24) is 10.6 Å². The Hall–Kier alpha value is -3.59. The fourth-order valence-corrected chi connectivity index (χ4v) is 3.55. The van der Waals surface area contributed by atoms with Gasteiger partial charge < -0.3 is 30.0 Å². The largest absolute Gasteiger partial charge is 0.493 e. The van der Waals surface area contributed by atoms with Gasteiger partial charge in [0.15, 0.2) is 17.3 Å². The Labute approximate surface area is 192 Å². The van der Waals surface area contributed by atoms with Crippen LogP contribution < -0.4 is 20.1 Å². The molecule has 2 amide bonds. The van der Waals surface area contributed by atoms with Crippen LogP contribution in [0.1, 0.15) is 18.1 Å². The van der Waals surface area contributed by atoms with Gasteiger partial charge in [-0.2, -0.15) is 0 Å². The summed E-state index contributed by atoms with van der Waals surface area (Å²) in [5, 5.41) is 14.3. The van der Waals surface area contributed by atoms with Gasteiger partial charge in [0.2, 0.25) is 5.91 Å². The minimum atomic E-state index is -1.35. The number of hydrogen-bond acceptors (Lipinski definition) is 6. The van der Waals surface area contributed by atoms with E-state index in [9.17, 15) is 19.5 Å². The zero-order valence-electron chi connectivity index (χ0n) is 18.8. The number of epoxide rings is 1. The van der Waals surface area contributed by atoms with Gasteiger partial charge in [-0.25, -0.2) is 4.79 Å². The molecule has 0 unspecified atom stereocenters. The van der Waals surface area contributed by atoms with Crippen LogP contribution in [0, 0.1) is 0 Å². The summed E-state index contributed by atoms with van der Waals surface area (Å²) >= 11 is 0. The van der Waals surface area contributed by atoms with Crippen molar-refractivity contribution in [2.24, 2.45) is 0 Å². The number of carbonyl (C=O) groups is 3. The second-order valence-corrected chi connectivity index (χ2v) is 8.03. The quantitative estimate of drug-likeness (QED) is 0.441. The number of amides is 2. The second-order valence-electron chi connectivity index (χ2n) is 8.03. The van der Waals surface area contributed by atoms with Crippen LogP contribution in [0.4, 0.5) is 4.79 Å². The van der Waals surface area contributed by atoms with Crippen molar-refractivity contribution in [1.29, 1.82) is 0 Å². The molecule has 0 radical (unpaired) electrons. The zero-order valence-corrected chi connectivity index (χ0v) is 18.8. The third-order valence-electron chi connectivity index (χ3n) is 5.52. The fourth-order valence-electron chi connectivity index (χ4n) is 3.55. The molecular weight excluding hydrogens is 428 g/mol. The third-order valence-corrected chi connectivity index (χ3v) is 5.52. The molecule has 0 saturated carbocycles. The molecule has 33 heavy (non-hydrogen) atoms. The molecule has 1 aliphatic rings. The van der Waals surface area contributed by atoms with Gasteiger partial charge in [-0.1, -0.05) is 36.4 Å². The minimum absolute atomic E-state index is 0.0541. The number of methoxy groups -OCH3 is 2. The maximum Gasteiger partial charge on any atom is 0.405 e. The Kier molecular flexibility index (Phi) is 7.55. The average molecular weight is 456 g/mol. The van der Waals surface area contributed by atoms with Gasteiger partial charge in [0, 0.05) is 6.42 Å². The Balaban J connectivity index is 1.80. The van der Waals surface area contributed by atoms with E-state index in [1.807, 2.05) is 30.3 Å². The van der Waals surface area contributed by atoms with Gasteiger partial charge in [-0.15, -0.1) is 0 Å². The van der Waals surface area contributed by atoms with Crippen molar-refractivity contribution >= 4 is 17.8 Å². The van der Waals surface area contributed by atoms with E-state index in [0.717, 1.165) is 5.56 Å². The number of carboxylic acid groups (broad SMARTS) is 1. The van der Waals surface area contributed by atoms with Crippen molar-refractivity contribution in [2.45, 2.75) is 37.5 Å². The monoisotopic (exact) mass is 456 g/mol. The van der Waals surface area contributed by atoms with E-state index in [1.165, 1.54) is 14.2 Å². The third kappa shape index (κ3) is 6.23. The Morgan fingerprint density at radius 2 is 1.61 bits per heavy atom. The highest BCUT2D eigenvalue weighted by atomic mass is 16.6. The van der Waals surface area contributed by atoms with Crippen LogP contribution in [0.2, 0.25) is 0 Å². The lowest BCUT2D eigenvalue weighted by atomic mass is 9.94. The van der Waals surface area contributed by atoms with Crippen LogP contribution in [0.3, 0.4) is 0 Å². The Morgan fingerprint density at radius 1 is 0.970 bits per heavy atom. The maximum absolute atomic E-state index is 13.1. The predicted molar refractivity (Wildman–Crippen MR) is 120 cm³/mol. The highest BCUT2D eigenvalue weighted by Crippen LogP contribution is 2.30. The number of Topliss-reactive ketones (excluding diaryl/α,β-unsaturated/α-hetero) is 1. The molecule has 1 aliphatic heterocycles. The highest BCUT2D eigenvalue weighted by Gasteiger charge is 2.50. The summed E-state index contributed by atoms with van der Waals surface area (Å²) in [6.07, 6.45) is -1.03. The summed E-state index contributed by atoms with van der Waals surface area (Å²) in [6.45, 7) is 1.96. The standard InChI is InChI=1S/C24H28N2O7/c1-24(14-33-24)21(27)17(11-15-7-5-4-6-8-15)25-22(28)18(26-23(29)30)12-16-9-10-19(31-2)20(13-16)32-3/h4-10,13,17-18,26H,11-12,14H2,1-3H3,(H,25,28)(H,29,30)/t17-,18-,24+/m0/s1. The van der Waals surface area contributed by atoms with Crippen LogP contribution in [-0.4, -0.2) is 61.4 Å². The molecule has 0 aliphatic carbocycles. The van der Waals surface area contributed by atoms with Crippen molar-refractivity contribution in [2.75, 3.05) is 20.8 Å². The fraction of sp³-hybridized carbons (Fsp3) is 0.375.